The van der Waals surface area contributed by atoms with Crippen molar-refractivity contribution in [3.05, 3.63) is 30.3 Å². The number of aromatic nitrogens is 2. The summed E-state index contributed by atoms with van der Waals surface area (Å²) in [5.74, 6) is -0.261. The fraction of sp³-hybridized carbons (Fsp3) is 0.308. The van der Waals surface area contributed by atoms with Crippen molar-refractivity contribution < 1.29 is 13.2 Å². The summed E-state index contributed by atoms with van der Waals surface area (Å²) in [4.78, 5) is 11.8. The van der Waals surface area contributed by atoms with E-state index in [-0.39, 0.29) is 15.4 Å². The van der Waals surface area contributed by atoms with Gasteiger partial charge in [-0.1, -0.05) is 50.3 Å². The van der Waals surface area contributed by atoms with Gasteiger partial charge in [-0.05, 0) is 12.1 Å². The van der Waals surface area contributed by atoms with E-state index in [1.54, 1.807) is 51.1 Å². The van der Waals surface area contributed by atoms with Crippen molar-refractivity contribution in [2.24, 2.45) is 5.41 Å². The molecule has 0 aliphatic rings. The monoisotopic (exact) mass is 340 g/mol. The first-order valence-electron chi connectivity index (χ1n) is 6.41. The number of sulfonamides is 1. The average molecular weight is 340 g/mol. The minimum Gasteiger partial charge on any atom is -0.300 e. The maximum atomic E-state index is 12.2. The van der Waals surface area contributed by atoms with Gasteiger partial charge in [0.15, 0.2) is 0 Å². The smallest absolute Gasteiger partial charge is 0.291 e. The summed E-state index contributed by atoms with van der Waals surface area (Å²) in [5.41, 5.74) is -0.175. The zero-order valence-corrected chi connectivity index (χ0v) is 14.0. The van der Waals surface area contributed by atoms with Crippen molar-refractivity contribution in [2.45, 2.75) is 25.1 Å². The van der Waals surface area contributed by atoms with Crippen LogP contribution < -0.4 is 10.0 Å². The Morgan fingerprint density at radius 3 is 2.36 bits per heavy atom. The number of rotatable bonds is 4. The van der Waals surface area contributed by atoms with Gasteiger partial charge >= 0.3 is 0 Å². The largest absolute Gasteiger partial charge is 0.300 e. The van der Waals surface area contributed by atoms with Crippen molar-refractivity contribution in [2.75, 3.05) is 10.0 Å². The molecule has 7 nitrogen and oxygen atoms in total. The number of hydrogen-bond acceptors (Lipinski definition) is 6. The van der Waals surface area contributed by atoms with Crippen LogP contribution in [-0.4, -0.2) is 24.5 Å². The molecule has 0 spiro atoms. The lowest BCUT2D eigenvalue weighted by Gasteiger charge is -2.15. The van der Waals surface area contributed by atoms with Gasteiger partial charge in [0.2, 0.25) is 11.0 Å². The Morgan fingerprint density at radius 1 is 1.14 bits per heavy atom. The Hall–Kier alpha value is -2.00. The van der Waals surface area contributed by atoms with Crippen molar-refractivity contribution >= 4 is 38.1 Å². The molecule has 118 valence electrons. The zero-order valence-electron chi connectivity index (χ0n) is 12.3. The molecule has 1 aromatic heterocycles. The number of carbonyl (C=O) groups excluding carboxylic acids is 1. The Labute approximate surface area is 132 Å². The van der Waals surface area contributed by atoms with E-state index in [0.717, 1.165) is 11.3 Å². The summed E-state index contributed by atoms with van der Waals surface area (Å²) >= 11 is 0.799. The van der Waals surface area contributed by atoms with Gasteiger partial charge in [0.1, 0.15) is 0 Å². The van der Waals surface area contributed by atoms with Gasteiger partial charge in [-0.25, -0.2) is 0 Å². The molecule has 2 aromatic rings. The van der Waals surface area contributed by atoms with Crippen LogP contribution in [0.5, 0.6) is 0 Å². The summed E-state index contributed by atoms with van der Waals surface area (Å²) in [6.45, 7) is 5.24. The third-order valence-electron chi connectivity index (χ3n) is 2.56. The first-order chi connectivity index (χ1) is 10.2. The van der Waals surface area contributed by atoms with E-state index < -0.39 is 15.4 Å². The lowest BCUT2D eigenvalue weighted by atomic mass is 9.96. The first-order valence-corrected chi connectivity index (χ1v) is 8.71. The summed E-state index contributed by atoms with van der Waals surface area (Å²) in [6, 6.07) is 8.46. The standard InChI is InChI=1S/C13H16N4O3S2/c1-13(2,3)10(18)14-11-15-16-12(21-11)22(19,20)17-9-7-5-4-6-8-9/h4-8,17H,1-3H3,(H,14,15,18). The van der Waals surface area contributed by atoms with Crippen molar-refractivity contribution in [1.82, 2.24) is 10.2 Å². The highest BCUT2D eigenvalue weighted by Crippen LogP contribution is 2.24. The molecule has 0 bridgehead atoms. The number of benzene rings is 1. The molecule has 0 radical (unpaired) electrons. The van der Waals surface area contributed by atoms with E-state index >= 15 is 0 Å². The quantitative estimate of drug-likeness (QED) is 0.832. The van der Waals surface area contributed by atoms with E-state index in [2.05, 4.69) is 20.2 Å². The lowest BCUT2D eigenvalue weighted by molar-refractivity contribution is -0.123. The van der Waals surface area contributed by atoms with Crippen LogP contribution in [0.15, 0.2) is 34.7 Å². The van der Waals surface area contributed by atoms with E-state index in [9.17, 15) is 13.2 Å². The summed E-state index contributed by atoms with van der Waals surface area (Å²) < 4.78 is 26.6. The van der Waals surface area contributed by atoms with Gasteiger partial charge in [-0.3, -0.25) is 9.52 Å². The molecule has 1 aromatic carbocycles. The van der Waals surface area contributed by atoms with Gasteiger partial charge in [-0.2, -0.15) is 8.42 Å². The third kappa shape index (κ3) is 4.01. The Balaban J connectivity index is 2.15. The van der Waals surface area contributed by atoms with Crippen molar-refractivity contribution in [1.29, 1.82) is 0 Å². The zero-order chi connectivity index (χ0) is 16.4. The van der Waals surface area contributed by atoms with E-state index in [0.29, 0.717) is 5.69 Å². The van der Waals surface area contributed by atoms with Crippen LogP contribution >= 0.6 is 11.3 Å². The molecule has 1 amide bonds. The predicted molar refractivity (Wildman–Crippen MR) is 85.2 cm³/mol. The molecule has 22 heavy (non-hydrogen) atoms. The minimum absolute atomic E-state index is 0.147. The number of carbonyl (C=O) groups is 1. The fourth-order valence-electron chi connectivity index (χ4n) is 1.36. The number of amides is 1. The normalized spacial score (nSPS) is 12.0. The number of nitrogens with zero attached hydrogens (tertiary/aromatic N) is 2. The van der Waals surface area contributed by atoms with Gasteiger partial charge in [0, 0.05) is 11.1 Å². The first kappa shape index (κ1) is 16.4. The second-order valence-electron chi connectivity index (χ2n) is 5.55. The maximum absolute atomic E-state index is 12.2. The molecule has 0 atom stereocenters. The molecule has 0 unspecified atom stereocenters. The van der Waals surface area contributed by atoms with E-state index in [4.69, 9.17) is 0 Å². The molecular weight excluding hydrogens is 324 g/mol. The van der Waals surface area contributed by atoms with Crippen LogP contribution in [-0.2, 0) is 14.8 Å². The summed E-state index contributed by atoms with van der Waals surface area (Å²) in [7, 11) is -3.82. The van der Waals surface area contributed by atoms with Crippen LogP contribution in [0.25, 0.3) is 0 Å². The second-order valence-corrected chi connectivity index (χ2v) is 8.38. The van der Waals surface area contributed by atoms with Crippen molar-refractivity contribution in [3.8, 4) is 0 Å². The number of hydrogen-bond donors (Lipinski definition) is 2. The molecule has 9 heteroatoms. The summed E-state index contributed by atoms with van der Waals surface area (Å²) in [5, 5.41) is 10.0. The topological polar surface area (TPSA) is 101 Å². The number of anilines is 2. The van der Waals surface area contributed by atoms with Crippen LogP contribution in [0.1, 0.15) is 20.8 Å². The van der Waals surface area contributed by atoms with Crippen LogP contribution in [0, 0.1) is 5.41 Å². The van der Waals surface area contributed by atoms with Crippen molar-refractivity contribution in [3.63, 3.8) is 0 Å². The second kappa shape index (κ2) is 6.01. The Bertz CT molecular complexity index is 764. The Kier molecular flexibility index (Phi) is 4.47. The summed E-state index contributed by atoms with van der Waals surface area (Å²) in [6.07, 6.45) is 0. The maximum Gasteiger partial charge on any atom is 0.291 e. The predicted octanol–water partition coefficient (Wildman–Crippen LogP) is 2.32. The molecule has 0 aliphatic carbocycles. The average Bonchev–Trinajstić information content (AvgIpc) is 2.87. The van der Waals surface area contributed by atoms with Gasteiger partial charge in [0.25, 0.3) is 14.4 Å². The highest BCUT2D eigenvalue weighted by molar-refractivity contribution is 7.94. The van der Waals surface area contributed by atoms with E-state index in [1.807, 2.05) is 0 Å². The van der Waals surface area contributed by atoms with Crippen LogP contribution in [0.4, 0.5) is 10.8 Å². The number of nitrogens with one attached hydrogen (secondary N) is 2. The SMILES string of the molecule is CC(C)(C)C(=O)Nc1nnc(S(=O)(=O)Nc2ccccc2)s1. The van der Waals surface area contributed by atoms with Crippen LogP contribution in [0.2, 0.25) is 0 Å². The molecule has 0 saturated heterocycles. The van der Waals surface area contributed by atoms with E-state index in [1.165, 1.54) is 0 Å². The lowest BCUT2D eigenvalue weighted by Crippen LogP contribution is -2.27. The molecule has 0 fully saturated rings. The highest BCUT2D eigenvalue weighted by Gasteiger charge is 2.25. The molecule has 0 aliphatic heterocycles. The molecular formula is C13H16N4O3S2. The molecule has 0 saturated carbocycles. The third-order valence-corrected chi connectivity index (χ3v) is 5.15. The Morgan fingerprint density at radius 2 is 1.77 bits per heavy atom. The van der Waals surface area contributed by atoms with Gasteiger partial charge in [-0.15, -0.1) is 10.2 Å². The fourth-order valence-corrected chi connectivity index (χ4v) is 3.31. The van der Waals surface area contributed by atoms with Gasteiger partial charge in [0.05, 0.1) is 0 Å². The molecule has 2 rings (SSSR count). The number of para-hydroxylation sites is 1. The highest BCUT2D eigenvalue weighted by atomic mass is 32.2. The van der Waals surface area contributed by atoms with Gasteiger partial charge < -0.3 is 5.32 Å². The minimum atomic E-state index is -3.82. The molecule has 2 N–H and O–H groups in total. The van der Waals surface area contributed by atoms with Crippen LogP contribution in [0.3, 0.4) is 0 Å². The molecule has 1 heterocycles.